The molecule has 0 aliphatic rings. The minimum Gasteiger partial charge on any atom is -0.338 e. The van der Waals surface area contributed by atoms with E-state index in [1.54, 1.807) is 12.4 Å². The van der Waals surface area contributed by atoms with E-state index in [4.69, 9.17) is 5.73 Å². The molecule has 4 heteroatoms. The van der Waals surface area contributed by atoms with E-state index in [1.165, 1.54) is 0 Å². The highest BCUT2D eigenvalue weighted by molar-refractivity contribution is 5.79. The van der Waals surface area contributed by atoms with E-state index in [0.29, 0.717) is 19.6 Å². The molecule has 1 aromatic rings. The summed E-state index contributed by atoms with van der Waals surface area (Å²) in [6.45, 7) is 10.2. The lowest BCUT2D eigenvalue weighted by Crippen LogP contribution is -2.40. The third-order valence-electron chi connectivity index (χ3n) is 3.31. The highest BCUT2D eigenvalue weighted by Crippen LogP contribution is 2.25. The first-order chi connectivity index (χ1) is 9.37. The maximum absolute atomic E-state index is 12.6. The molecule has 0 bridgehead atoms. The molecule has 0 aromatic carbocycles. The van der Waals surface area contributed by atoms with Crippen LogP contribution in [0.15, 0.2) is 24.5 Å². The number of nitrogens with zero attached hydrogens (tertiary/aromatic N) is 2. The maximum Gasteiger partial charge on any atom is 0.227 e. The first-order valence-corrected chi connectivity index (χ1v) is 7.25. The number of aromatic nitrogens is 1. The van der Waals surface area contributed by atoms with E-state index >= 15 is 0 Å². The van der Waals surface area contributed by atoms with Crippen LogP contribution < -0.4 is 5.73 Å². The Bertz CT molecular complexity index is 411. The molecule has 0 saturated carbocycles. The number of pyridine rings is 1. The van der Waals surface area contributed by atoms with Crippen LogP contribution in [-0.2, 0) is 11.3 Å². The van der Waals surface area contributed by atoms with Crippen LogP contribution in [0.4, 0.5) is 0 Å². The van der Waals surface area contributed by atoms with Crippen LogP contribution in [0, 0.1) is 11.3 Å². The summed E-state index contributed by atoms with van der Waals surface area (Å²) in [5.74, 6) is 0.0542. The molecule has 1 aromatic heterocycles. The molecule has 0 fully saturated rings. The molecule has 2 N–H and O–H groups in total. The molecular formula is C16H27N3O. The van der Waals surface area contributed by atoms with Crippen molar-refractivity contribution in [3.8, 4) is 0 Å². The quantitative estimate of drug-likeness (QED) is 0.869. The van der Waals surface area contributed by atoms with Gasteiger partial charge in [0.15, 0.2) is 0 Å². The van der Waals surface area contributed by atoms with Crippen molar-refractivity contribution in [2.24, 2.45) is 17.1 Å². The highest BCUT2D eigenvalue weighted by Gasteiger charge is 2.27. The average molecular weight is 277 g/mol. The Balaban J connectivity index is 2.74. The van der Waals surface area contributed by atoms with Gasteiger partial charge in [0.25, 0.3) is 0 Å². The zero-order chi connectivity index (χ0) is 15.2. The molecule has 112 valence electrons. The van der Waals surface area contributed by atoms with Crippen LogP contribution in [0.3, 0.4) is 0 Å². The Morgan fingerprint density at radius 3 is 2.40 bits per heavy atom. The van der Waals surface area contributed by atoms with Crippen molar-refractivity contribution in [1.82, 2.24) is 9.88 Å². The van der Waals surface area contributed by atoms with Gasteiger partial charge in [-0.25, -0.2) is 0 Å². The molecule has 1 rings (SSSR count). The van der Waals surface area contributed by atoms with Gasteiger partial charge in [0.2, 0.25) is 5.91 Å². The van der Waals surface area contributed by atoms with Gasteiger partial charge >= 0.3 is 0 Å². The van der Waals surface area contributed by atoms with Gasteiger partial charge in [0.05, 0.1) is 5.92 Å². The average Bonchev–Trinajstić information content (AvgIpc) is 2.41. The van der Waals surface area contributed by atoms with E-state index in [2.05, 4.69) is 25.8 Å². The summed E-state index contributed by atoms with van der Waals surface area (Å²) in [5, 5.41) is 0. The lowest BCUT2D eigenvalue weighted by Gasteiger charge is -2.29. The van der Waals surface area contributed by atoms with E-state index in [-0.39, 0.29) is 17.2 Å². The topological polar surface area (TPSA) is 59.2 Å². The van der Waals surface area contributed by atoms with Gasteiger partial charge in [-0.1, -0.05) is 20.8 Å². The molecule has 1 unspecified atom stereocenters. The summed E-state index contributed by atoms with van der Waals surface area (Å²) in [4.78, 5) is 18.5. The van der Waals surface area contributed by atoms with Crippen LogP contribution in [0.25, 0.3) is 0 Å². The molecule has 0 aliphatic carbocycles. The summed E-state index contributed by atoms with van der Waals surface area (Å²) in [5.41, 5.74) is 7.01. The monoisotopic (exact) mass is 277 g/mol. The number of carbonyl (C=O) groups is 1. The Kier molecular flexibility index (Phi) is 6.14. The Labute approximate surface area is 122 Å². The molecule has 0 spiro atoms. The van der Waals surface area contributed by atoms with Crippen molar-refractivity contribution >= 4 is 5.91 Å². The lowest BCUT2D eigenvalue weighted by atomic mass is 9.84. The van der Waals surface area contributed by atoms with Crippen molar-refractivity contribution in [3.63, 3.8) is 0 Å². The minimum absolute atomic E-state index is 0.100. The van der Waals surface area contributed by atoms with Crippen molar-refractivity contribution in [2.75, 3.05) is 13.1 Å². The molecule has 0 saturated heterocycles. The molecular weight excluding hydrogens is 250 g/mol. The van der Waals surface area contributed by atoms with Gasteiger partial charge in [-0.15, -0.1) is 0 Å². The lowest BCUT2D eigenvalue weighted by molar-refractivity contribution is -0.136. The molecule has 1 atom stereocenters. The fraction of sp³-hybridized carbons (Fsp3) is 0.625. The number of amides is 1. The summed E-state index contributed by atoms with van der Waals surface area (Å²) in [6, 6.07) is 3.88. The van der Waals surface area contributed by atoms with E-state index in [9.17, 15) is 4.79 Å². The van der Waals surface area contributed by atoms with Crippen LogP contribution in [-0.4, -0.2) is 28.9 Å². The van der Waals surface area contributed by atoms with Gasteiger partial charge in [-0.05, 0) is 36.5 Å². The number of carbonyl (C=O) groups excluding carboxylic acids is 1. The summed E-state index contributed by atoms with van der Waals surface area (Å²) in [7, 11) is 0. The van der Waals surface area contributed by atoms with Gasteiger partial charge in [0.1, 0.15) is 0 Å². The molecule has 4 nitrogen and oxygen atoms in total. The Morgan fingerprint density at radius 1 is 1.35 bits per heavy atom. The summed E-state index contributed by atoms with van der Waals surface area (Å²) >= 11 is 0. The maximum atomic E-state index is 12.6. The van der Waals surface area contributed by atoms with Crippen LogP contribution in [0.5, 0.6) is 0 Å². The molecule has 1 amide bonds. The molecule has 20 heavy (non-hydrogen) atoms. The predicted molar refractivity (Wildman–Crippen MR) is 81.9 cm³/mol. The van der Waals surface area contributed by atoms with E-state index < -0.39 is 0 Å². The third kappa shape index (κ3) is 5.29. The van der Waals surface area contributed by atoms with Gasteiger partial charge in [-0.2, -0.15) is 0 Å². The zero-order valence-corrected chi connectivity index (χ0v) is 13.1. The summed E-state index contributed by atoms with van der Waals surface area (Å²) < 4.78 is 0. The van der Waals surface area contributed by atoms with Crippen molar-refractivity contribution in [3.05, 3.63) is 30.1 Å². The fourth-order valence-corrected chi connectivity index (χ4v) is 2.32. The second-order valence-electron chi connectivity index (χ2n) is 6.41. The normalized spacial score (nSPS) is 13.1. The molecule has 0 radical (unpaired) electrons. The Morgan fingerprint density at radius 2 is 1.95 bits per heavy atom. The van der Waals surface area contributed by atoms with Crippen molar-refractivity contribution < 1.29 is 4.79 Å². The standard InChI is InChI=1S/C16H27N3O/c1-5-19(12-13-6-8-18-9-7-13)15(20)14(11-17)10-16(2,3)4/h6-9,14H,5,10-12,17H2,1-4H3. The van der Waals surface area contributed by atoms with Crippen LogP contribution in [0.1, 0.15) is 39.7 Å². The SMILES string of the molecule is CCN(Cc1ccncc1)C(=O)C(CN)CC(C)(C)C. The molecule has 0 aliphatic heterocycles. The second kappa shape index (κ2) is 7.39. The largest absolute Gasteiger partial charge is 0.338 e. The predicted octanol–water partition coefficient (Wildman–Crippen LogP) is 2.44. The van der Waals surface area contributed by atoms with Crippen molar-refractivity contribution in [2.45, 2.75) is 40.7 Å². The first kappa shape index (κ1) is 16.6. The van der Waals surface area contributed by atoms with Gasteiger partial charge in [0, 0.05) is 32.0 Å². The number of hydrogen-bond donors (Lipinski definition) is 1. The minimum atomic E-state index is -0.100. The number of hydrogen-bond acceptors (Lipinski definition) is 3. The van der Waals surface area contributed by atoms with Crippen LogP contribution >= 0.6 is 0 Å². The molecule has 1 heterocycles. The third-order valence-corrected chi connectivity index (χ3v) is 3.31. The number of rotatable bonds is 6. The smallest absolute Gasteiger partial charge is 0.227 e. The fourth-order valence-electron chi connectivity index (χ4n) is 2.32. The van der Waals surface area contributed by atoms with E-state index in [1.807, 2.05) is 24.0 Å². The van der Waals surface area contributed by atoms with Gasteiger partial charge < -0.3 is 10.6 Å². The summed E-state index contributed by atoms with van der Waals surface area (Å²) in [6.07, 6.45) is 4.32. The van der Waals surface area contributed by atoms with E-state index in [0.717, 1.165) is 12.0 Å². The second-order valence-corrected chi connectivity index (χ2v) is 6.41. The number of nitrogens with two attached hydrogens (primary N) is 1. The zero-order valence-electron chi connectivity index (χ0n) is 13.1. The van der Waals surface area contributed by atoms with Gasteiger partial charge in [-0.3, -0.25) is 9.78 Å². The first-order valence-electron chi connectivity index (χ1n) is 7.25. The van der Waals surface area contributed by atoms with Crippen molar-refractivity contribution in [1.29, 1.82) is 0 Å². The Hall–Kier alpha value is -1.42. The van der Waals surface area contributed by atoms with Crippen LogP contribution in [0.2, 0.25) is 0 Å². The highest BCUT2D eigenvalue weighted by atomic mass is 16.2.